The van der Waals surface area contributed by atoms with Crippen molar-refractivity contribution in [3.05, 3.63) is 70.8 Å². The van der Waals surface area contributed by atoms with Gasteiger partial charge in [-0.05, 0) is 55.7 Å². The van der Waals surface area contributed by atoms with E-state index in [2.05, 4.69) is 21.3 Å². The van der Waals surface area contributed by atoms with Crippen LogP contribution in [0.4, 0.5) is 10.2 Å². The van der Waals surface area contributed by atoms with Crippen molar-refractivity contribution in [2.24, 2.45) is 0 Å². The second kappa shape index (κ2) is 11.2. The van der Waals surface area contributed by atoms with E-state index in [-0.39, 0.29) is 17.6 Å². The van der Waals surface area contributed by atoms with E-state index in [1.165, 1.54) is 18.2 Å². The van der Waals surface area contributed by atoms with E-state index in [0.29, 0.717) is 61.4 Å². The molecule has 0 unspecified atom stereocenters. The number of hydrogen-bond acceptors (Lipinski definition) is 5. The van der Waals surface area contributed by atoms with Crippen molar-refractivity contribution in [1.29, 1.82) is 5.26 Å². The zero-order chi connectivity index (χ0) is 23.8. The molecular formula is C25H28FN5O2. The molecule has 0 spiro atoms. The van der Waals surface area contributed by atoms with E-state index in [1.807, 2.05) is 24.0 Å². The number of amides is 2. The van der Waals surface area contributed by atoms with Crippen LogP contribution >= 0.6 is 0 Å². The Kier molecular flexibility index (Phi) is 8.14. The smallest absolute Gasteiger partial charge is 0.255 e. The molecule has 1 aliphatic heterocycles. The monoisotopic (exact) mass is 449 g/mol. The van der Waals surface area contributed by atoms with Gasteiger partial charge in [-0.1, -0.05) is 13.0 Å². The van der Waals surface area contributed by atoms with Crippen LogP contribution < -0.4 is 10.2 Å². The van der Waals surface area contributed by atoms with Crippen molar-refractivity contribution in [3.8, 4) is 6.07 Å². The number of aromatic nitrogens is 1. The lowest BCUT2D eigenvalue weighted by Gasteiger charge is -2.35. The zero-order valence-corrected chi connectivity index (χ0v) is 19.0. The number of piperazine rings is 1. The lowest BCUT2D eigenvalue weighted by atomic mass is 10.1. The maximum Gasteiger partial charge on any atom is 0.255 e. The number of anilines is 1. The van der Waals surface area contributed by atoms with Gasteiger partial charge in [0.25, 0.3) is 5.91 Å². The van der Waals surface area contributed by atoms with Gasteiger partial charge in [-0.25, -0.2) is 9.37 Å². The summed E-state index contributed by atoms with van der Waals surface area (Å²) in [6.45, 7) is 6.18. The Morgan fingerprint density at radius 3 is 2.55 bits per heavy atom. The van der Waals surface area contributed by atoms with E-state index in [4.69, 9.17) is 5.26 Å². The van der Waals surface area contributed by atoms with Gasteiger partial charge >= 0.3 is 0 Å². The molecule has 1 aromatic carbocycles. The maximum atomic E-state index is 13.3. The molecule has 0 bridgehead atoms. The van der Waals surface area contributed by atoms with Crippen LogP contribution in [0.2, 0.25) is 0 Å². The highest BCUT2D eigenvalue weighted by Gasteiger charge is 2.22. The minimum Gasteiger partial charge on any atom is -0.353 e. The molecule has 2 aromatic rings. The Bertz CT molecular complexity index is 1070. The van der Waals surface area contributed by atoms with E-state index >= 15 is 0 Å². The molecule has 172 valence electrons. The summed E-state index contributed by atoms with van der Waals surface area (Å²) in [5, 5.41) is 11.8. The molecule has 1 aromatic heterocycles. The number of nitrogens with one attached hydrogen (secondary N) is 1. The van der Waals surface area contributed by atoms with Gasteiger partial charge in [-0.15, -0.1) is 0 Å². The summed E-state index contributed by atoms with van der Waals surface area (Å²) in [7, 11) is 0. The number of hydrogen-bond donors (Lipinski definition) is 1. The van der Waals surface area contributed by atoms with Crippen LogP contribution in [0.3, 0.4) is 0 Å². The van der Waals surface area contributed by atoms with Gasteiger partial charge in [-0.3, -0.25) is 9.59 Å². The number of carbonyl (C=O) groups is 2. The van der Waals surface area contributed by atoms with Crippen LogP contribution in [-0.2, 0) is 4.79 Å². The molecule has 2 amide bonds. The van der Waals surface area contributed by atoms with Crippen molar-refractivity contribution < 1.29 is 14.0 Å². The topological polar surface area (TPSA) is 89.3 Å². The molecule has 7 nitrogen and oxygen atoms in total. The van der Waals surface area contributed by atoms with Crippen molar-refractivity contribution in [2.75, 3.05) is 31.1 Å². The van der Waals surface area contributed by atoms with Crippen LogP contribution in [0.25, 0.3) is 0 Å². The molecule has 3 rings (SSSR count). The Morgan fingerprint density at radius 2 is 1.94 bits per heavy atom. The molecule has 1 aliphatic rings. The van der Waals surface area contributed by atoms with Crippen molar-refractivity contribution in [1.82, 2.24) is 15.2 Å². The quantitative estimate of drug-likeness (QED) is 0.698. The highest BCUT2D eigenvalue weighted by atomic mass is 19.1. The second-order valence-corrected chi connectivity index (χ2v) is 7.94. The standard InChI is InChI=1S/C25H28FN5O2/c1-3-4-21(29-25(33)22-8-6-20(26)15-18(22)2)7-10-24(32)31-13-11-30(12-14-31)23-9-5-19(16-27)17-28-23/h4-6,8-9,15,17H,3,7,10-14H2,1-2H3,(H,29,33)/b21-4+. The van der Waals surface area contributed by atoms with Crippen LogP contribution in [0.1, 0.15) is 47.7 Å². The molecular weight excluding hydrogens is 421 g/mol. The fraction of sp³-hybridized carbons (Fsp3) is 0.360. The van der Waals surface area contributed by atoms with Gasteiger partial charge in [0, 0.05) is 50.1 Å². The molecule has 1 N–H and O–H groups in total. The molecule has 0 saturated carbocycles. The van der Waals surface area contributed by atoms with Crippen molar-refractivity contribution >= 4 is 17.6 Å². The average molecular weight is 450 g/mol. The van der Waals surface area contributed by atoms with Crippen LogP contribution in [0.5, 0.6) is 0 Å². The number of nitrogens with zero attached hydrogens (tertiary/aromatic N) is 4. The summed E-state index contributed by atoms with van der Waals surface area (Å²) >= 11 is 0. The van der Waals surface area contributed by atoms with Gasteiger partial charge in [0.05, 0.1) is 5.56 Å². The molecule has 8 heteroatoms. The van der Waals surface area contributed by atoms with E-state index in [1.54, 1.807) is 19.2 Å². The van der Waals surface area contributed by atoms with E-state index < -0.39 is 0 Å². The lowest BCUT2D eigenvalue weighted by molar-refractivity contribution is -0.131. The van der Waals surface area contributed by atoms with Crippen LogP contribution in [-0.4, -0.2) is 47.9 Å². The summed E-state index contributed by atoms with van der Waals surface area (Å²) in [6, 6.07) is 9.68. The number of benzene rings is 1. The number of pyridine rings is 1. The molecule has 0 atom stereocenters. The number of rotatable bonds is 7. The predicted molar refractivity (Wildman–Crippen MR) is 124 cm³/mol. The number of allylic oxidation sites excluding steroid dienone is 2. The third-order valence-corrected chi connectivity index (χ3v) is 5.60. The summed E-state index contributed by atoms with van der Waals surface area (Å²) in [5.41, 5.74) is 2.19. The fourth-order valence-corrected chi connectivity index (χ4v) is 3.78. The molecule has 0 radical (unpaired) electrons. The van der Waals surface area contributed by atoms with Crippen LogP contribution in [0.15, 0.2) is 48.3 Å². The Morgan fingerprint density at radius 1 is 1.18 bits per heavy atom. The summed E-state index contributed by atoms with van der Waals surface area (Å²) in [4.78, 5) is 33.6. The predicted octanol–water partition coefficient (Wildman–Crippen LogP) is 3.55. The van der Waals surface area contributed by atoms with Crippen LogP contribution in [0, 0.1) is 24.1 Å². The molecule has 33 heavy (non-hydrogen) atoms. The third kappa shape index (κ3) is 6.39. The van der Waals surface area contributed by atoms with E-state index in [9.17, 15) is 14.0 Å². The molecule has 2 heterocycles. The normalized spacial score (nSPS) is 14.1. The first-order chi connectivity index (χ1) is 15.9. The van der Waals surface area contributed by atoms with Gasteiger partial charge in [0.15, 0.2) is 0 Å². The first kappa shape index (κ1) is 23.9. The average Bonchev–Trinajstić information content (AvgIpc) is 2.82. The summed E-state index contributed by atoms with van der Waals surface area (Å²) in [5.74, 6) is 0.155. The number of aryl methyl sites for hydroxylation is 1. The Labute approximate surface area is 193 Å². The molecule has 1 saturated heterocycles. The largest absolute Gasteiger partial charge is 0.353 e. The zero-order valence-electron chi connectivity index (χ0n) is 19.0. The maximum absolute atomic E-state index is 13.3. The van der Waals surface area contributed by atoms with Crippen molar-refractivity contribution in [2.45, 2.75) is 33.1 Å². The first-order valence-electron chi connectivity index (χ1n) is 11.1. The second-order valence-electron chi connectivity index (χ2n) is 7.94. The SMILES string of the molecule is CC/C=C(\CCC(=O)N1CCN(c2ccc(C#N)cn2)CC1)NC(=O)c1ccc(F)cc1C. The van der Waals surface area contributed by atoms with Gasteiger partial charge in [0.2, 0.25) is 5.91 Å². The van der Waals surface area contributed by atoms with Gasteiger partial charge < -0.3 is 15.1 Å². The minimum absolute atomic E-state index is 0.0386. The highest BCUT2D eigenvalue weighted by Crippen LogP contribution is 2.16. The first-order valence-corrected chi connectivity index (χ1v) is 11.1. The van der Waals surface area contributed by atoms with Gasteiger partial charge in [-0.2, -0.15) is 5.26 Å². The lowest BCUT2D eigenvalue weighted by Crippen LogP contribution is -2.49. The minimum atomic E-state index is -0.381. The fourth-order valence-electron chi connectivity index (χ4n) is 3.78. The molecule has 0 aliphatic carbocycles. The third-order valence-electron chi connectivity index (χ3n) is 5.60. The van der Waals surface area contributed by atoms with Gasteiger partial charge in [0.1, 0.15) is 17.7 Å². The number of carbonyl (C=O) groups excluding carboxylic acids is 2. The van der Waals surface area contributed by atoms with Crippen molar-refractivity contribution in [3.63, 3.8) is 0 Å². The number of halogens is 1. The summed E-state index contributed by atoms with van der Waals surface area (Å²) in [6.07, 6.45) is 4.90. The Balaban J connectivity index is 1.51. The molecule has 1 fully saturated rings. The highest BCUT2D eigenvalue weighted by molar-refractivity contribution is 5.96. The van der Waals surface area contributed by atoms with E-state index in [0.717, 1.165) is 12.2 Å². The number of nitriles is 1. The Hall–Kier alpha value is -3.73. The summed E-state index contributed by atoms with van der Waals surface area (Å²) < 4.78 is 13.3.